The average molecular weight is 449 g/mol. The fraction of sp³-hybridized carbons (Fsp3) is 0. The van der Waals surface area contributed by atoms with Crippen molar-refractivity contribution in [3.05, 3.63) is 107 Å². The Bertz CT molecular complexity index is 1180. The second-order valence-electron chi connectivity index (χ2n) is 6.21. The van der Waals surface area contributed by atoms with E-state index < -0.39 is 0 Å². The molecule has 29 heavy (non-hydrogen) atoms. The van der Waals surface area contributed by atoms with Crippen LogP contribution in [0.3, 0.4) is 0 Å². The van der Waals surface area contributed by atoms with E-state index in [2.05, 4.69) is 88.6 Å². The van der Waals surface area contributed by atoms with Gasteiger partial charge in [0.15, 0.2) is 0 Å². The monoisotopic (exact) mass is 448 g/mol. The standard InChI is InChI=1S/C23H16N2S4/c1-2-6-16(7-3-1)23(17-10-12-19(24-17)28-21-8-4-14-26-21)18-11-13-20(25-18)29-22-9-5-15-27-22/h1-15,24H/b23-18-. The van der Waals surface area contributed by atoms with Crippen LogP contribution in [0, 0.1) is 0 Å². The highest BCUT2D eigenvalue weighted by molar-refractivity contribution is 8.15. The predicted molar refractivity (Wildman–Crippen MR) is 128 cm³/mol. The molecule has 0 amide bonds. The quantitative estimate of drug-likeness (QED) is 0.337. The number of thioether (sulfide) groups is 1. The molecule has 3 aromatic heterocycles. The smallest absolute Gasteiger partial charge is 0.102 e. The largest absolute Gasteiger partial charge is 0.349 e. The van der Waals surface area contributed by atoms with Crippen LogP contribution in [-0.2, 0) is 0 Å². The van der Waals surface area contributed by atoms with E-state index >= 15 is 0 Å². The van der Waals surface area contributed by atoms with Gasteiger partial charge in [-0.25, -0.2) is 4.99 Å². The van der Waals surface area contributed by atoms with Gasteiger partial charge in [-0.3, -0.25) is 0 Å². The first-order chi connectivity index (χ1) is 14.3. The lowest BCUT2D eigenvalue weighted by atomic mass is 10.0. The van der Waals surface area contributed by atoms with Crippen LogP contribution in [0.25, 0.3) is 5.57 Å². The van der Waals surface area contributed by atoms with E-state index in [9.17, 15) is 0 Å². The van der Waals surface area contributed by atoms with E-state index in [1.165, 1.54) is 8.42 Å². The maximum Gasteiger partial charge on any atom is 0.102 e. The summed E-state index contributed by atoms with van der Waals surface area (Å²) in [6.07, 6.45) is 4.22. The number of hydrogen-bond acceptors (Lipinski definition) is 5. The third kappa shape index (κ3) is 4.36. The molecule has 2 nitrogen and oxygen atoms in total. The summed E-state index contributed by atoms with van der Waals surface area (Å²) in [6.45, 7) is 0. The van der Waals surface area contributed by atoms with Crippen molar-refractivity contribution in [2.75, 3.05) is 0 Å². The van der Waals surface area contributed by atoms with Crippen LogP contribution in [0.1, 0.15) is 11.3 Å². The zero-order chi connectivity index (χ0) is 19.5. The lowest BCUT2D eigenvalue weighted by molar-refractivity contribution is 1.17. The second kappa shape index (κ2) is 8.63. The van der Waals surface area contributed by atoms with Crippen LogP contribution in [-0.4, -0.2) is 10.0 Å². The Kier molecular flexibility index (Phi) is 5.58. The van der Waals surface area contributed by atoms with Crippen molar-refractivity contribution >= 4 is 56.8 Å². The van der Waals surface area contributed by atoms with E-state index in [-0.39, 0.29) is 0 Å². The summed E-state index contributed by atoms with van der Waals surface area (Å²) in [4.78, 5) is 8.52. The molecule has 0 saturated heterocycles. The highest BCUT2D eigenvalue weighted by Gasteiger charge is 2.16. The van der Waals surface area contributed by atoms with Gasteiger partial charge in [0.05, 0.1) is 19.1 Å². The molecule has 5 rings (SSSR count). The Balaban J connectivity index is 1.51. The highest BCUT2D eigenvalue weighted by atomic mass is 32.2. The summed E-state index contributed by atoms with van der Waals surface area (Å²) in [5.41, 5.74) is 4.36. The third-order valence-electron chi connectivity index (χ3n) is 4.27. The van der Waals surface area contributed by atoms with Crippen molar-refractivity contribution in [2.45, 2.75) is 13.4 Å². The van der Waals surface area contributed by atoms with Gasteiger partial charge in [0.2, 0.25) is 0 Å². The molecular formula is C23H16N2S4. The summed E-state index contributed by atoms with van der Waals surface area (Å²) in [7, 11) is 0. The van der Waals surface area contributed by atoms with Crippen molar-refractivity contribution in [1.29, 1.82) is 0 Å². The minimum absolute atomic E-state index is 0.991. The molecule has 1 N–H and O–H groups in total. The molecule has 1 aliphatic heterocycles. The molecule has 4 aromatic rings. The number of nitrogens with zero attached hydrogens (tertiary/aromatic N) is 1. The van der Waals surface area contributed by atoms with Crippen molar-refractivity contribution in [3.8, 4) is 0 Å². The number of hydrogen-bond donors (Lipinski definition) is 1. The van der Waals surface area contributed by atoms with Crippen LogP contribution >= 0.6 is 46.2 Å². The molecule has 1 aromatic carbocycles. The molecule has 0 spiro atoms. The van der Waals surface area contributed by atoms with E-state index in [4.69, 9.17) is 4.99 Å². The summed E-state index contributed by atoms with van der Waals surface area (Å²) < 4.78 is 2.53. The first kappa shape index (κ1) is 18.8. The molecule has 142 valence electrons. The summed E-state index contributed by atoms with van der Waals surface area (Å²) in [5.74, 6) is 0. The van der Waals surface area contributed by atoms with Crippen LogP contribution in [0.2, 0.25) is 0 Å². The van der Waals surface area contributed by atoms with Gasteiger partial charge in [-0.1, -0.05) is 66.0 Å². The molecule has 0 unspecified atom stereocenters. The number of benzene rings is 1. The van der Waals surface area contributed by atoms with Crippen molar-refractivity contribution in [1.82, 2.24) is 4.98 Å². The van der Waals surface area contributed by atoms with Gasteiger partial charge < -0.3 is 4.98 Å². The SMILES string of the molecule is C1=C/C(=C(\c2ccccc2)c2ccc(Sc3cccs3)[nH]2)N=C1Sc1cccs1. The fourth-order valence-corrected chi connectivity index (χ4v) is 6.45. The fourth-order valence-electron chi connectivity index (χ4n) is 3.02. The molecule has 4 heterocycles. The van der Waals surface area contributed by atoms with Gasteiger partial charge in [0, 0.05) is 11.3 Å². The highest BCUT2D eigenvalue weighted by Crippen LogP contribution is 2.36. The number of thiophene rings is 2. The normalized spacial score (nSPS) is 15.0. The molecule has 0 fully saturated rings. The Morgan fingerprint density at radius 3 is 2.24 bits per heavy atom. The maximum absolute atomic E-state index is 4.93. The van der Waals surface area contributed by atoms with Gasteiger partial charge >= 0.3 is 0 Å². The first-order valence-corrected chi connectivity index (χ1v) is 12.4. The molecule has 0 bridgehead atoms. The van der Waals surface area contributed by atoms with Gasteiger partial charge in [0.1, 0.15) is 5.04 Å². The van der Waals surface area contributed by atoms with E-state index in [0.29, 0.717) is 0 Å². The lowest BCUT2D eigenvalue weighted by Gasteiger charge is -2.08. The third-order valence-corrected chi connectivity index (χ3v) is 8.24. The van der Waals surface area contributed by atoms with E-state index in [1.807, 2.05) is 6.07 Å². The summed E-state index contributed by atoms with van der Waals surface area (Å²) >= 11 is 6.97. The first-order valence-electron chi connectivity index (χ1n) is 9.04. The van der Waals surface area contributed by atoms with Crippen molar-refractivity contribution in [2.24, 2.45) is 4.99 Å². The Morgan fingerprint density at radius 2 is 1.52 bits per heavy atom. The molecular weight excluding hydrogens is 433 g/mol. The Labute approximate surface area is 186 Å². The van der Waals surface area contributed by atoms with Crippen LogP contribution in [0.4, 0.5) is 0 Å². The number of aliphatic imine (C=N–C) groups is 1. The molecule has 0 saturated carbocycles. The summed E-state index contributed by atoms with van der Waals surface area (Å²) in [5, 5.41) is 6.36. The minimum atomic E-state index is 0.991. The number of aromatic amines is 1. The predicted octanol–water partition coefficient (Wildman–Crippen LogP) is 7.81. The van der Waals surface area contributed by atoms with Gasteiger partial charge in [-0.2, -0.15) is 0 Å². The number of aromatic nitrogens is 1. The lowest BCUT2D eigenvalue weighted by Crippen LogP contribution is -1.92. The van der Waals surface area contributed by atoms with Crippen LogP contribution < -0.4 is 0 Å². The van der Waals surface area contributed by atoms with E-state index in [1.54, 1.807) is 46.2 Å². The number of nitrogens with one attached hydrogen (secondary N) is 1. The minimum Gasteiger partial charge on any atom is -0.349 e. The number of H-pyrrole nitrogens is 1. The molecule has 0 aliphatic carbocycles. The topological polar surface area (TPSA) is 28.1 Å². The van der Waals surface area contributed by atoms with Gasteiger partial charge in [-0.15, -0.1) is 22.7 Å². The van der Waals surface area contributed by atoms with Crippen LogP contribution in [0.15, 0.2) is 114 Å². The zero-order valence-electron chi connectivity index (χ0n) is 15.2. The molecule has 0 atom stereocenters. The molecule has 1 aliphatic rings. The summed E-state index contributed by atoms with van der Waals surface area (Å²) in [6, 6.07) is 23.2. The Hall–Kier alpha value is -2.25. The van der Waals surface area contributed by atoms with Crippen LogP contribution in [0.5, 0.6) is 0 Å². The molecule has 6 heteroatoms. The van der Waals surface area contributed by atoms with E-state index in [0.717, 1.165) is 32.6 Å². The molecule has 0 radical (unpaired) electrons. The van der Waals surface area contributed by atoms with Gasteiger partial charge in [0.25, 0.3) is 0 Å². The second-order valence-corrected chi connectivity index (χ2v) is 10.8. The average Bonchev–Trinajstić information content (AvgIpc) is 3.53. The number of allylic oxidation sites excluding steroid dienone is 1. The maximum atomic E-state index is 4.93. The van der Waals surface area contributed by atoms with Crippen molar-refractivity contribution < 1.29 is 0 Å². The van der Waals surface area contributed by atoms with Crippen molar-refractivity contribution in [3.63, 3.8) is 0 Å². The van der Waals surface area contributed by atoms with Gasteiger partial charge in [-0.05, 0) is 52.7 Å². The zero-order valence-corrected chi connectivity index (χ0v) is 18.5. The Morgan fingerprint density at radius 1 is 0.759 bits per heavy atom. The number of rotatable bonds is 5.